The lowest BCUT2D eigenvalue weighted by molar-refractivity contribution is 0.181. The number of carbonyl (C=O) groups is 1. The summed E-state index contributed by atoms with van der Waals surface area (Å²) in [6, 6.07) is 6.76. The normalized spacial score (nSPS) is 22.6. The van der Waals surface area contributed by atoms with Crippen molar-refractivity contribution in [1.82, 2.24) is 15.1 Å². The Labute approximate surface area is 142 Å². The molecule has 1 aromatic carbocycles. The number of halogens is 1. The number of amides is 2. The van der Waals surface area contributed by atoms with Crippen LogP contribution in [0.2, 0.25) is 0 Å². The van der Waals surface area contributed by atoms with E-state index < -0.39 is 0 Å². The van der Waals surface area contributed by atoms with Gasteiger partial charge in [0.25, 0.3) is 0 Å². The number of para-hydroxylation sites is 1. The third-order valence-corrected chi connectivity index (χ3v) is 4.81. The quantitative estimate of drug-likeness (QED) is 0.899. The van der Waals surface area contributed by atoms with Gasteiger partial charge in [-0.3, -0.25) is 4.90 Å². The number of benzene rings is 1. The predicted molar refractivity (Wildman–Crippen MR) is 90.7 cm³/mol. The highest BCUT2D eigenvalue weighted by Crippen LogP contribution is 2.20. The molecule has 0 aliphatic carbocycles. The Balaban J connectivity index is 1.41. The van der Waals surface area contributed by atoms with Crippen LogP contribution in [0.5, 0.6) is 5.75 Å². The first kappa shape index (κ1) is 17.0. The molecule has 6 heteroatoms. The van der Waals surface area contributed by atoms with Crippen LogP contribution in [0.4, 0.5) is 9.18 Å². The molecule has 3 rings (SSSR count). The van der Waals surface area contributed by atoms with Crippen LogP contribution in [0.3, 0.4) is 0 Å². The van der Waals surface area contributed by atoms with Crippen molar-refractivity contribution in [3.63, 3.8) is 0 Å². The maximum Gasteiger partial charge on any atom is 0.317 e. The van der Waals surface area contributed by atoms with E-state index in [9.17, 15) is 9.18 Å². The van der Waals surface area contributed by atoms with Crippen molar-refractivity contribution in [3.8, 4) is 5.75 Å². The van der Waals surface area contributed by atoms with E-state index in [-0.39, 0.29) is 23.7 Å². The molecule has 24 heavy (non-hydrogen) atoms. The molecule has 2 aliphatic heterocycles. The second kappa shape index (κ2) is 7.83. The molecule has 5 nitrogen and oxygen atoms in total. The fraction of sp³-hybridized carbons (Fsp3) is 0.611. The van der Waals surface area contributed by atoms with Gasteiger partial charge < -0.3 is 15.0 Å². The summed E-state index contributed by atoms with van der Waals surface area (Å²) < 4.78 is 19.1. The van der Waals surface area contributed by atoms with Gasteiger partial charge in [0.2, 0.25) is 0 Å². The molecule has 0 saturated carbocycles. The van der Waals surface area contributed by atoms with Gasteiger partial charge in [0, 0.05) is 19.1 Å². The first-order valence-corrected chi connectivity index (χ1v) is 8.81. The lowest BCUT2D eigenvalue weighted by atomic mass is 10.2. The monoisotopic (exact) mass is 335 g/mol. The Bertz CT molecular complexity index is 563. The molecule has 2 heterocycles. The van der Waals surface area contributed by atoms with E-state index in [0.717, 1.165) is 32.6 Å². The first-order valence-electron chi connectivity index (χ1n) is 8.81. The summed E-state index contributed by atoms with van der Waals surface area (Å²) in [4.78, 5) is 16.7. The van der Waals surface area contributed by atoms with E-state index in [1.54, 1.807) is 18.2 Å². The first-order chi connectivity index (χ1) is 11.6. The zero-order valence-electron chi connectivity index (χ0n) is 14.2. The number of rotatable bonds is 5. The zero-order valence-corrected chi connectivity index (χ0v) is 14.2. The number of carbonyl (C=O) groups excluding carboxylic acids is 1. The summed E-state index contributed by atoms with van der Waals surface area (Å²) in [6.45, 7) is 6.10. The maximum absolute atomic E-state index is 13.6. The molecule has 132 valence electrons. The fourth-order valence-corrected chi connectivity index (χ4v) is 3.47. The van der Waals surface area contributed by atoms with Gasteiger partial charge in [-0.15, -0.1) is 0 Å². The van der Waals surface area contributed by atoms with Crippen LogP contribution in [0.25, 0.3) is 0 Å². The minimum Gasteiger partial charge on any atom is -0.486 e. The van der Waals surface area contributed by atoms with Gasteiger partial charge in [0.1, 0.15) is 6.10 Å². The van der Waals surface area contributed by atoms with Gasteiger partial charge >= 0.3 is 6.03 Å². The number of nitrogens with one attached hydrogen (secondary N) is 1. The molecule has 2 atom stereocenters. The molecule has 2 amide bonds. The maximum atomic E-state index is 13.6. The van der Waals surface area contributed by atoms with Gasteiger partial charge in [0.05, 0.1) is 6.54 Å². The van der Waals surface area contributed by atoms with E-state index in [2.05, 4.69) is 10.2 Å². The molecule has 0 bridgehead atoms. The zero-order chi connectivity index (χ0) is 16.9. The Morgan fingerprint density at radius 1 is 1.33 bits per heavy atom. The number of ether oxygens (including phenoxy) is 1. The molecular formula is C18H26FN3O2. The van der Waals surface area contributed by atoms with Crippen LogP contribution in [0, 0.1) is 5.82 Å². The van der Waals surface area contributed by atoms with Crippen LogP contribution in [0.15, 0.2) is 24.3 Å². The minimum absolute atomic E-state index is 0.0549. The van der Waals surface area contributed by atoms with E-state index in [4.69, 9.17) is 4.74 Å². The van der Waals surface area contributed by atoms with Crippen molar-refractivity contribution < 1.29 is 13.9 Å². The van der Waals surface area contributed by atoms with E-state index in [1.807, 2.05) is 11.8 Å². The van der Waals surface area contributed by atoms with Gasteiger partial charge in [-0.1, -0.05) is 12.1 Å². The second-order valence-electron chi connectivity index (χ2n) is 6.68. The highest BCUT2D eigenvalue weighted by atomic mass is 19.1. The number of hydrogen-bond acceptors (Lipinski definition) is 3. The summed E-state index contributed by atoms with van der Waals surface area (Å²) >= 11 is 0. The second-order valence-corrected chi connectivity index (χ2v) is 6.68. The molecule has 2 unspecified atom stereocenters. The summed E-state index contributed by atoms with van der Waals surface area (Å²) in [6.07, 6.45) is 3.30. The standard InChI is InChI=1S/C18H26FN3O2/c1-14(24-17-7-3-2-6-16(17)19)12-20-18(23)22-11-8-15(13-22)21-9-4-5-10-21/h2-3,6-7,14-15H,4-5,8-13H2,1H3,(H,20,23). The van der Waals surface area contributed by atoms with Crippen LogP contribution < -0.4 is 10.1 Å². The van der Waals surface area contributed by atoms with Crippen molar-refractivity contribution in [1.29, 1.82) is 0 Å². The average molecular weight is 335 g/mol. The molecule has 1 aromatic rings. The smallest absolute Gasteiger partial charge is 0.317 e. The van der Waals surface area contributed by atoms with Crippen molar-refractivity contribution in [2.24, 2.45) is 0 Å². The number of hydrogen-bond donors (Lipinski definition) is 1. The summed E-state index contributed by atoms with van der Waals surface area (Å²) in [5.74, 6) is -0.168. The third-order valence-electron chi connectivity index (χ3n) is 4.81. The summed E-state index contributed by atoms with van der Waals surface area (Å²) in [7, 11) is 0. The highest BCUT2D eigenvalue weighted by Gasteiger charge is 2.31. The summed E-state index contributed by atoms with van der Waals surface area (Å²) in [5, 5.41) is 2.90. The molecule has 2 fully saturated rings. The SMILES string of the molecule is CC(CNC(=O)N1CCC(N2CCCC2)C1)Oc1ccccc1F. The predicted octanol–water partition coefficient (Wildman–Crippen LogP) is 2.47. The molecular weight excluding hydrogens is 309 g/mol. The van der Waals surface area contributed by atoms with Crippen molar-refractivity contribution in [3.05, 3.63) is 30.1 Å². The highest BCUT2D eigenvalue weighted by molar-refractivity contribution is 5.74. The Hall–Kier alpha value is -1.82. The average Bonchev–Trinajstić information content (AvgIpc) is 3.25. The number of likely N-dealkylation sites (tertiary alicyclic amines) is 2. The van der Waals surface area contributed by atoms with Gasteiger partial charge in [-0.25, -0.2) is 9.18 Å². The number of nitrogens with zero attached hydrogens (tertiary/aromatic N) is 2. The van der Waals surface area contributed by atoms with Crippen molar-refractivity contribution in [2.45, 2.75) is 38.3 Å². The minimum atomic E-state index is -0.385. The van der Waals surface area contributed by atoms with E-state index in [0.29, 0.717) is 12.6 Å². The van der Waals surface area contributed by atoms with Crippen molar-refractivity contribution in [2.75, 3.05) is 32.7 Å². The molecule has 2 saturated heterocycles. The van der Waals surface area contributed by atoms with E-state index >= 15 is 0 Å². The number of urea groups is 1. The van der Waals surface area contributed by atoms with Gasteiger partial charge in [-0.2, -0.15) is 0 Å². The van der Waals surface area contributed by atoms with Gasteiger partial charge in [0.15, 0.2) is 11.6 Å². The Morgan fingerprint density at radius 3 is 2.83 bits per heavy atom. The van der Waals surface area contributed by atoms with Gasteiger partial charge in [-0.05, 0) is 51.4 Å². The molecule has 1 N–H and O–H groups in total. The molecule has 0 radical (unpaired) electrons. The molecule has 2 aliphatic rings. The lowest BCUT2D eigenvalue weighted by Crippen LogP contribution is -2.44. The van der Waals surface area contributed by atoms with Crippen LogP contribution >= 0.6 is 0 Å². The third kappa shape index (κ3) is 4.17. The fourth-order valence-electron chi connectivity index (χ4n) is 3.47. The molecule has 0 spiro atoms. The largest absolute Gasteiger partial charge is 0.486 e. The van der Waals surface area contributed by atoms with Crippen LogP contribution in [-0.2, 0) is 0 Å². The summed E-state index contributed by atoms with van der Waals surface area (Å²) in [5.41, 5.74) is 0. The van der Waals surface area contributed by atoms with Crippen LogP contribution in [-0.4, -0.2) is 60.7 Å². The molecule has 0 aromatic heterocycles. The van der Waals surface area contributed by atoms with Crippen molar-refractivity contribution >= 4 is 6.03 Å². The Morgan fingerprint density at radius 2 is 2.08 bits per heavy atom. The lowest BCUT2D eigenvalue weighted by Gasteiger charge is -2.24. The Kier molecular flexibility index (Phi) is 5.56. The topological polar surface area (TPSA) is 44.8 Å². The van der Waals surface area contributed by atoms with E-state index in [1.165, 1.54) is 18.9 Å². The van der Waals surface area contributed by atoms with Crippen LogP contribution in [0.1, 0.15) is 26.2 Å².